The molecular formula is C23H29N2O4+. The van der Waals surface area contributed by atoms with Crippen molar-refractivity contribution >= 4 is 17.4 Å². The Hall–Kier alpha value is -2.86. The van der Waals surface area contributed by atoms with Crippen LogP contribution in [0.5, 0.6) is 11.5 Å². The summed E-state index contributed by atoms with van der Waals surface area (Å²) >= 11 is 0. The summed E-state index contributed by atoms with van der Waals surface area (Å²) in [7, 11) is 3.29. The van der Waals surface area contributed by atoms with Crippen LogP contribution in [0.4, 0.5) is 5.69 Å². The van der Waals surface area contributed by atoms with Crippen LogP contribution in [0, 0.1) is 0 Å². The summed E-state index contributed by atoms with van der Waals surface area (Å²) < 4.78 is 10.9. The Kier molecular flexibility index (Phi) is 6.54. The topological polar surface area (TPSA) is 69.1 Å². The first-order chi connectivity index (χ1) is 13.9. The number of likely N-dealkylation sites (tertiary alicyclic amines) is 1. The lowest BCUT2D eigenvalue weighted by Gasteiger charge is -2.28. The molecule has 1 aliphatic rings. The van der Waals surface area contributed by atoms with Gasteiger partial charge in [0.2, 0.25) is 0 Å². The van der Waals surface area contributed by atoms with Crippen LogP contribution in [0.1, 0.15) is 48.7 Å². The molecule has 2 aromatic carbocycles. The second-order valence-electron chi connectivity index (χ2n) is 7.48. The van der Waals surface area contributed by atoms with Crippen molar-refractivity contribution < 1.29 is 24.0 Å². The molecule has 0 aliphatic carbocycles. The number of hydrogen-bond donors (Lipinski definition) is 2. The highest BCUT2D eigenvalue weighted by atomic mass is 16.5. The number of benzene rings is 2. The number of hydrogen-bond acceptors (Lipinski definition) is 4. The number of carbonyl (C=O) groups excluding carboxylic acids is 2. The van der Waals surface area contributed by atoms with Crippen LogP contribution in [0.25, 0.3) is 0 Å². The lowest BCUT2D eigenvalue weighted by molar-refractivity contribution is -0.932. The SMILES string of the molecule is COc1ccc([C@H]2CCC[NH+]2[C@@H](C)C(=O)Nc2cccc(C(C)=O)c2)c(OC)c1. The molecule has 3 atom stereocenters. The molecule has 1 aliphatic heterocycles. The summed E-state index contributed by atoms with van der Waals surface area (Å²) in [6, 6.07) is 12.9. The number of amides is 1. The molecule has 1 amide bonds. The van der Waals surface area contributed by atoms with Gasteiger partial charge >= 0.3 is 0 Å². The molecule has 2 aromatic rings. The van der Waals surface area contributed by atoms with E-state index in [9.17, 15) is 9.59 Å². The number of quaternary nitrogens is 1. The Labute approximate surface area is 171 Å². The van der Waals surface area contributed by atoms with Crippen LogP contribution in [0.2, 0.25) is 0 Å². The van der Waals surface area contributed by atoms with Crippen molar-refractivity contribution in [3.63, 3.8) is 0 Å². The molecule has 0 saturated carbocycles. The molecule has 0 bridgehead atoms. The fourth-order valence-corrected chi connectivity index (χ4v) is 4.08. The first-order valence-electron chi connectivity index (χ1n) is 9.94. The van der Waals surface area contributed by atoms with Crippen LogP contribution >= 0.6 is 0 Å². The zero-order chi connectivity index (χ0) is 21.0. The third-order valence-electron chi connectivity index (χ3n) is 5.71. The molecule has 29 heavy (non-hydrogen) atoms. The fraction of sp³-hybridized carbons (Fsp3) is 0.391. The Morgan fingerprint density at radius 1 is 1.14 bits per heavy atom. The molecule has 2 N–H and O–H groups in total. The first-order valence-corrected chi connectivity index (χ1v) is 9.94. The number of anilines is 1. The zero-order valence-corrected chi connectivity index (χ0v) is 17.5. The predicted octanol–water partition coefficient (Wildman–Crippen LogP) is 2.65. The standard InChI is InChI=1S/C23H28N2O4/c1-15(23(27)24-18-8-5-7-17(13-18)16(2)26)25-12-6-9-21(25)20-11-10-19(28-3)14-22(20)29-4/h5,7-8,10-11,13-15,21H,6,9,12H2,1-4H3,(H,24,27)/p+1/t15-,21+/m0/s1. The van der Waals surface area contributed by atoms with Crippen LogP contribution in [0.15, 0.2) is 42.5 Å². The van der Waals surface area contributed by atoms with Crippen molar-refractivity contribution in [1.29, 1.82) is 0 Å². The van der Waals surface area contributed by atoms with Gasteiger partial charge in [0, 0.05) is 30.2 Å². The maximum absolute atomic E-state index is 12.9. The molecule has 0 aromatic heterocycles. The third-order valence-corrected chi connectivity index (χ3v) is 5.71. The highest BCUT2D eigenvalue weighted by molar-refractivity contribution is 5.98. The van der Waals surface area contributed by atoms with Crippen molar-refractivity contribution in [2.75, 3.05) is 26.1 Å². The minimum Gasteiger partial charge on any atom is -0.497 e. The summed E-state index contributed by atoms with van der Waals surface area (Å²) in [5, 5.41) is 2.97. The summed E-state index contributed by atoms with van der Waals surface area (Å²) in [6.45, 7) is 4.39. The predicted molar refractivity (Wildman–Crippen MR) is 112 cm³/mol. The third kappa shape index (κ3) is 4.59. The molecule has 6 nitrogen and oxygen atoms in total. The van der Waals surface area contributed by atoms with Gasteiger partial charge in [0.05, 0.1) is 26.3 Å². The van der Waals surface area contributed by atoms with Crippen molar-refractivity contribution in [2.45, 2.75) is 38.8 Å². The van der Waals surface area contributed by atoms with E-state index in [1.165, 1.54) is 11.8 Å². The second-order valence-corrected chi connectivity index (χ2v) is 7.48. The van der Waals surface area contributed by atoms with Gasteiger partial charge in [-0.25, -0.2) is 0 Å². The number of ketones is 1. The van der Waals surface area contributed by atoms with E-state index in [1.54, 1.807) is 38.5 Å². The van der Waals surface area contributed by atoms with E-state index >= 15 is 0 Å². The van der Waals surface area contributed by atoms with Gasteiger partial charge in [-0.05, 0) is 38.1 Å². The minimum atomic E-state index is -0.240. The summed E-state index contributed by atoms with van der Waals surface area (Å²) in [5.41, 5.74) is 2.33. The van der Waals surface area contributed by atoms with E-state index < -0.39 is 0 Å². The molecule has 3 rings (SSSR count). The molecule has 1 fully saturated rings. The quantitative estimate of drug-likeness (QED) is 0.705. The van der Waals surface area contributed by atoms with E-state index in [4.69, 9.17) is 9.47 Å². The van der Waals surface area contributed by atoms with Gasteiger partial charge < -0.3 is 19.7 Å². The molecule has 1 heterocycles. The average Bonchev–Trinajstić information content (AvgIpc) is 3.22. The summed E-state index contributed by atoms with van der Waals surface area (Å²) in [5.74, 6) is 1.46. The first kappa shape index (κ1) is 20.9. The molecule has 6 heteroatoms. The molecule has 1 unspecified atom stereocenters. The van der Waals surface area contributed by atoms with E-state index in [-0.39, 0.29) is 23.8 Å². The smallest absolute Gasteiger partial charge is 0.282 e. The number of nitrogens with one attached hydrogen (secondary N) is 2. The number of rotatable bonds is 7. The van der Waals surface area contributed by atoms with E-state index in [0.29, 0.717) is 11.3 Å². The van der Waals surface area contributed by atoms with Crippen molar-refractivity contribution in [2.24, 2.45) is 0 Å². The van der Waals surface area contributed by atoms with Crippen molar-refractivity contribution in [3.8, 4) is 11.5 Å². The van der Waals surface area contributed by atoms with Gasteiger partial charge in [0.1, 0.15) is 17.5 Å². The van der Waals surface area contributed by atoms with Crippen LogP contribution < -0.4 is 19.7 Å². The van der Waals surface area contributed by atoms with E-state index in [1.807, 2.05) is 25.1 Å². The Balaban J connectivity index is 1.78. The molecule has 0 radical (unpaired) electrons. The molecular weight excluding hydrogens is 368 g/mol. The van der Waals surface area contributed by atoms with Crippen LogP contribution in [-0.4, -0.2) is 38.5 Å². The zero-order valence-electron chi connectivity index (χ0n) is 17.5. The van der Waals surface area contributed by atoms with Crippen LogP contribution in [-0.2, 0) is 4.79 Å². The second kappa shape index (κ2) is 9.09. The van der Waals surface area contributed by atoms with Gasteiger partial charge in [-0.15, -0.1) is 0 Å². The lowest BCUT2D eigenvalue weighted by Crippen LogP contribution is -3.15. The largest absolute Gasteiger partial charge is 0.497 e. The number of Topliss-reactive ketones (excluding diaryl/α,β-unsaturated/α-hetero) is 1. The highest BCUT2D eigenvalue weighted by Crippen LogP contribution is 2.32. The summed E-state index contributed by atoms with van der Waals surface area (Å²) in [6.07, 6.45) is 2.04. The van der Waals surface area contributed by atoms with Gasteiger partial charge in [0.15, 0.2) is 11.8 Å². The molecule has 1 saturated heterocycles. The normalized spacial score (nSPS) is 19.4. The van der Waals surface area contributed by atoms with Gasteiger partial charge in [-0.1, -0.05) is 12.1 Å². The lowest BCUT2D eigenvalue weighted by atomic mass is 10.0. The van der Waals surface area contributed by atoms with Gasteiger partial charge in [0.25, 0.3) is 5.91 Å². The maximum atomic E-state index is 12.9. The Morgan fingerprint density at radius 2 is 1.93 bits per heavy atom. The van der Waals surface area contributed by atoms with E-state index in [0.717, 1.165) is 36.4 Å². The van der Waals surface area contributed by atoms with E-state index in [2.05, 4.69) is 5.32 Å². The van der Waals surface area contributed by atoms with Crippen molar-refractivity contribution in [1.82, 2.24) is 0 Å². The van der Waals surface area contributed by atoms with Gasteiger partial charge in [-0.2, -0.15) is 0 Å². The monoisotopic (exact) mass is 397 g/mol. The Bertz CT molecular complexity index is 896. The number of methoxy groups -OCH3 is 2. The van der Waals surface area contributed by atoms with Gasteiger partial charge in [-0.3, -0.25) is 9.59 Å². The molecule has 0 spiro atoms. The number of carbonyl (C=O) groups is 2. The molecule has 154 valence electrons. The average molecular weight is 397 g/mol. The fourth-order valence-electron chi connectivity index (χ4n) is 4.08. The van der Waals surface area contributed by atoms with Crippen molar-refractivity contribution in [3.05, 3.63) is 53.6 Å². The number of ether oxygens (including phenoxy) is 2. The summed E-state index contributed by atoms with van der Waals surface area (Å²) in [4.78, 5) is 25.8. The van der Waals surface area contributed by atoms with Crippen LogP contribution in [0.3, 0.4) is 0 Å². The highest BCUT2D eigenvalue weighted by Gasteiger charge is 2.38. The minimum absolute atomic E-state index is 0.0222. The Morgan fingerprint density at radius 3 is 2.62 bits per heavy atom. The maximum Gasteiger partial charge on any atom is 0.282 e.